The van der Waals surface area contributed by atoms with E-state index in [2.05, 4.69) is 11.9 Å². The summed E-state index contributed by atoms with van der Waals surface area (Å²) in [4.78, 5) is 15.1. The van der Waals surface area contributed by atoms with Crippen LogP contribution in [-0.4, -0.2) is 40.3 Å². The minimum atomic E-state index is -0.861. The number of rotatable bonds is 3. The van der Waals surface area contributed by atoms with Crippen LogP contribution < -0.4 is 11.3 Å². The van der Waals surface area contributed by atoms with Gasteiger partial charge in [-0.15, -0.1) is 0 Å². The summed E-state index contributed by atoms with van der Waals surface area (Å²) in [5.41, 5.74) is 7.46. The first-order valence-electron chi connectivity index (χ1n) is 9.89. The number of pyridine rings is 1. The van der Waals surface area contributed by atoms with E-state index in [-0.39, 0.29) is 11.0 Å². The molecule has 2 fully saturated rings. The van der Waals surface area contributed by atoms with Crippen molar-refractivity contribution in [2.45, 2.75) is 44.2 Å². The number of nitrogens with zero attached hydrogens (tertiary/aromatic N) is 2. The Morgan fingerprint density at radius 1 is 1.15 bits per heavy atom. The van der Waals surface area contributed by atoms with Crippen LogP contribution in [0.2, 0.25) is 0 Å². The predicted octanol–water partition coefficient (Wildman–Crippen LogP) is 2.72. The molecule has 1 aromatic carbocycles. The molecule has 1 spiro atoms. The average molecular weight is 367 g/mol. The molecule has 3 N–H and O–H groups in total. The van der Waals surface area contributed by atoms with Gasteiger partial charge in [-0.1, -0.05) is 43.2 Å². The summed E-state index contributed by atoms with van der Waals surface area (Å²) in [6, 6.07) is 11.3. The number of anilines is 1. The Kier molecular flexibility index (Phi) is 4.60. The van der Waals surface area contributed by atoms with Crippen LogP contribution >= 0.6 is 0 Å². The van der Waals surface area contributed by atoms with Crippen LogP contribution in [0.3, 0.4) is 0 Å². The Bertz CT molecular complexity index is 871. The van der Waals surface area contributed by atoms with Crippen LogP contribution in [0.1, 0.15) is 32.1 Å². The zero-order chi connectivity index (χ0) is 19.1. The van der Waals surface area contributed by atoms with Crippen molar-refractivity contribution in [3.63, 3.8) is 0 Å². The molecule has 2 aliphatic rings. The molecule has 2 aromatic rings. The molecule has 0 radical (unpaired) electrons. The van der Waals surface area contributed by atoms with E-state index < -0.39 is 5.60 Å². The summed E-state index contributed by atoms with van der Waals surface area (Å²) in [6.07, 6.45) is 6.76. The van der Waals surface area contributed by atoms with E-state index in [1.165, 1.54) is 0 Å². The Balaban J connectivity index is 1.68. The van der Waals surface area contributed by atoms with E-state index in [1.807, 2.05) is 30.3 Å². The molecule has 144 valence electrons. The number of hydrogen-bond acceptors (Lipinski definition) is 4. The molecule has 1 unspecified atom stereocenters. The number of benzene rings is 1. The summed E-state index contributed by atoms with van der Waals surface area (Å²) in [5, 5.41) is 11.7. The standard InChI is InChI=1S/C22H29N3O2/c1-24-12-11-22(27,21(15-24)9-5-6-10-21)16-25-14-19(23)18(13-20(25)26)17-7-3-2-4-8-17/h2-4,7-8,13-14,27H,5-6,9-12,15-16,23H2,1H3. The first kappa shape index (κ1) is 18.3. The lowest BCUT2D eigenvalue weighted by Crippen LogP contribution is -2.60. The van der Waals surface area contributed by atoms with E-state index in [9.17, 15) is 9.90 Å². The van der Waals surface area contributed by atoms with E-state index in [0.29, 0.717) is 18.7 Å². The van der Waals surface area contributed by atoms with Gasteiger partial charge in [0.25, 0.3) is 5.56 Å². The number of likely N-dealkylation sites (tertiary alicyclic amines) is 1. The van der Waals surface area contributed by atoms with Gasteiger partial charge in [-0.25, -0.2) is 0 Å². The van der Waals surface area contributed by atoms with Gasteiger partial charge in [0, 0.05) is 36.3 Å². The van der Waals surface area contributed by atoms with E-state index in [1.54, 1.807) is 16.8 Å². The Hall–Kier alpha value is -2.11. The Morgan fingerprint density at radius 3 is 2.56 bits per heavy atom. The maximum atomic E-state index is 12.8. The highest BCUT2D eigenvalue weighted by molar-refractivity contribution is 5.75. The molecule has 1 aromatic heterocycles. The van der Waals surface area contributed by atoms with Crippen molar-refractivity contribution in [1.29, 1.82) is 0 Å². The average Bonchev–Trinajstić information content (AvgIpc) is 3.12. The number of hydrogen-bond donors (Lipinski definition) is 2. The highest BCUT2D eigenvalue weighted by atomic mass is 16.3. The van der Waals surface area contributed by atoms with Gasteiger partial charge in [-0.05, 0) is 31.9 Å². The van der Waals surface area contributed by atoms with Gasteiger partial charge in [-0.2, -0.15) is 0 Å². The molecule has 5 heteroatoms. The lowest BCUT2D eigenvalue weighted by Gasteiger charge is -2.51. The number of aromatic nitrogens is 1. The van der Waals surface area contributed by atoms with Crippen molar-refractivity contribution in [3.8, 4) is 11.1 Å². The fraction of sp³-hybridized carbons (Fsp3) is 0.500. The van der Waals surface area contributed by atoms with Crippen LogP contribution in [0.25, 0.3) is 11.1 Å². The molecule has 2 heterocycles. The lowest BCUT2D eigenvalue weighted by molar-refractivity contribution is -0.139. The van der Waals surface area contributed by atoms with Gasteiger partial charge in [0.1, 0.15) is 0 Å². The molecular formula is C22H29N3O2. The monoisotopic (exact) mass is 367 g/mol. The topological polar surface area (TPSA) is 71.5 Å². The van der Waals surface area contributed by atoms with Crippen LogP contribution in [0.5, 0.6) is 0 Å². The Labute approximate surface area is 160 Å². The summed E-state index contributed by atoms with van der Waals surface area (Å²) >= 11 is 0. The SMILES string of the molecule is CN1CCC(O)(Cn2cc(N)c(-c3ccccc3)cc2=O)C2(CCCC2)C1. The van der Waals surface area contributed by atoms with Crippen molar-refractivity contribution in [2.75, 3.05) is 25.9 Å². The van der Waals surface area contributed by atoms with E-state index >= 15 is 0 Å². The third-order valence-corrected chi connectivity index (χ3v) is 6.70. The van der Waals surface area contributed by atoms with Crippen LogP contribution in [0.4, 0.5) is 5.69 Å². The molecule has 0 amide bonds. The second kappa shape index (κ2) is 6.80. The summed E-state index contributed by atoms with van der Waals surface area (Å²) in [7, 11) is 2.12. The fourth-order valence-electron chi connectivity index (χ4n) is 5.17. The number of piperidine rings is 1. The number of aliphatic hydroxyl groups is 1. The van der Waals surface area contributed by atoms with Crippen molar-refractivity contribution in [1.82, 2.24) is 9.47 Å². The zero-order valence-electron chi connectivity index (χ0n) is 16.0. The number of nitrogens with two attached hydrogens (primary N) is 1. The minimum absolute atomic E-state index is 0.108. The third-order valence-electron chi connectivity index (χ3n) is 6.70. The quantitative estimate of drug-likeness (QED) is 0.875. The van der Waals surface area contributed by atoms with Gasteiger partial charge >= 0.3 is 0 Å². The maximum absolute atomic E-state index is 12.8. The molecule has 1 saturated heterocycles. The van der Waals surface area contributed by atoms with Gasteiger partial charge in [0.05, 0.1) is 17.8 Å². The summed E-state index contributed by atoms with van der Waals surface area (Å²) in [5.74, 6) is 0. The molecule has 27 heavy (non-hydrogen) atoms. The molecule has 1 aliphatic heterocycles. The van der Waals surface area contributed by atoms with Crippen LogP contribution in [-0.2, 0) is 6.54 Å². The second-order valence-corrected chi connectivity index (χ2v) is 8.48. The van der Waals surface area contributed by atoms with Gasteiger partial charge in [-0.3, -0.25) is 4.79 Å². The van der Waals surface area contributed by atoms with Crippen LogP contribution in [0.15, 0.2) is 47.4 Å². The highest BCUT2D eigenvalue weighted by Crippen LogP contribution is 2.51. The normalized spacial score (nSPS) is 25.1. The first-order chi connectivity index (χ1) is 12.9. The molecule has 5 nitrogen and oxygen atoms in total. The largest absolute Gasteiger partial charge is 0.397 e. The second-order valence-electron chi connectivity index (χ2n) is 8.48. The van der Waals surface area contributed by atoms with Crippen LogP contribution in [0, 0.1) is 5.41 Å². The summed E-state index contributed by atoms with van der Waals surface area (Å²) < 4.78 is 1.62. The van der Waals surface area contributed by atoms with Crippen molar-refractivity contribution in [2.24, 2.45) is 5.41 Å². The van der Waals surface area contributed by atoms with Gasteiger partial charge < -0.3 is 20.3 Å². The van der Waals surface area contributed by atoms with Gasteiger partial charge in [0.2, 0.25) is 0 Å². The predicted molar refractivity (Wildman–Crippen MR) is 109 cm³/mol. The molecule has 0 bridgehead atoms. The first-order valence-corrected chi connectivity index (χ1v) is 9.89. The highest BCUT2D eigenvalue weighted by Gasteiger charge is 2.54. The molecule has 1 saturated carbocycles. The fourth-order valence-corrected chi connectivity index (χ4v) is 5.17. The van der Waals surface area contributed by atoms with Crippen molar-refractivity contribution >= 4 is 5.69 Å². The maximum Gasteiger partial charge on any atom is 0.251 e. The third kappa shape index (κ3) is 3.19. The van der Waals surface area contributed by atoms with E-state index in [0.717, 1.165) is 49.9 Å². The smallest absolute Gasteiger partial charge is 0.251 e. The summed E-state index contributed by atoms with van der Waals surface area (Å²) in [6.45, 7) is 2.07. The lowest BCUT2D eigenvalue weighted by atomic mass is 9.66. The zero-order valence-corrected chi connectivity index (χ0v) is 16.0. The molecular weight excluding hydrogens is 338 g/mol. The van der Waals surface area contributed by atoms with Gasteiger partial charge in [0.15, 0.2) is 0 Å². The molecule has 1 aliphatic carbocycles. The molecule has 1 atom stereocenters. The number of nitrogen functional groups attached to an aromatic ring is 1. The van der Waals surface area contributed by atoms with E-state index in [4.69, 9.17) is 5.73 Å². The van der Waals surface area contributed by atoms with Crippen molar-refractivity contribution in [3.05, 3.63) is 52.9 Å². The van der Waals surface area contributed by atoms with Crippen molar-refractivity contribution < 1.29 is 5.11 Å². The minimum Gasteiger partial charge on any atom is -0.397 e. The molecule has 4 rings (SSSR count). The Morgan fingerprint density at radius 2 is 1.85 bits per heavy atom.